The molecule has 0 fully saturated rings. The van der Waals surface area contributed by atoms with E-state index in [1.54, 1.807) is 11.8 Å². The molecular formula is C8H11N2S2+. The topological polar surface area (TPSA) is 17.4 Å². The van der Waals surface area contributed by atoms with Crippen LogP contribution >= 0.6 is 24.0 Å². The lowest BCUT2D eigenvalue weighted by Gasteiger charge is -2.16. The standard InChI is InChI=1S/C8H10N2S2/c1-10(8(11)12-2)7-3-5-9-6-4-7/h3-6H,1-2H3/p+1. The summed E-state index contributed by atoms with van der Waals surface area (Å²) >= 11 is 6.71. The molecule has 12 heavy (non-hydrogen) atoms. The molecule has 0 aromatic carbocycles. The molecule has 64 valence electrons. The Kier molecular flexibility index (Phi) is 3.49. The van der Waals surface area contributed by atoms with Crippen molar-refractivity contribution in [1.82, 2.24) is 0 Å². The molecule has 0 aliphatic rings. The predicted octanol–water partition coefficient (Wildman–Crippen LogP) is 1.58. The first-order valence-corrected chi connectivity index (χ1v) is 5.17. The molecule has 4 heteroatoms. The van der Waals surface area contributed by atoms with E-state index < -0.39 is 0 Å². The second-order valence-corrected chi connectivity index (χ2v) is 3.73. The summed E-state index contributed by atoms with van der Waals surface area (Å²) in [4.78, 5) is 4.95. The van der Waals surface area contributed by atoms with Gasteiger partial charge in [0.15, 0.2) is 12.4 Å². The van der Waals surface area contributed by atoms with E-state index in [4.69, 9.17) is 12.2 Å². The molecule has 2 nitrogen and oxygen atoms in total. The van der Waals surface area contributed by atoms with Gasteiger partial charge >= 0.3 is 0 Å². The molecule has 0 aliphatic heterocycles. The Bertz CT molecular complexity index is 261. The number of rotatable bonds is 1. The normalized spacial score (nSPS) is 9.50. The van der Waals surface area contributed by atoms with E-state index in [-0.39, 0.29) is 0 Å². The van der Waals surface area contributed by atoms with E-state index in [0.717, 1.165) is 10.0 Å². The van der Waals surface area contributed by atoms with Gasteiger partial charge < -0.3 is 4.90 Å². The van der Waals surface area contributed by atoms with Crippen LogP contribution in [0.3, 0.4) is 0 Å². The lowest BCUT2D eigenvalue weighted by atomic mass is 10.4. The lowest BCUT2D eigenvalue weighted by molar-refractivity contribution is -0.377. The molecule has 0 saturated carbocycles. The molecule has 0 amide bonds. The van der Waals surface area contributed by atoms with Gasteiger partial charge in [-0.15, -0.1) is 11.8 Å². The molecule has 0 aliphatic carbocycles. The molecule has 0 radical (unpaired) electrons. The van der Waals surface area contributed by atoms with E-state index in [2.05, 4.69) is 4.98 Å². The summed E-state index contributed by atoms with van der Waals surface area (Å²) in [6.45, 7) is 0. The highest BCUT2D eigenvalue weighted by molar-refractivity contribution is 8.22. The molecule has 1 rings (SSSR count). The second-order valence-electron chi connectivity index (χ2n) is 2.29. The van der Waals surface area contributed by atoms with E-state index in [1.807, 2.05) is 42.7 Å². The molecule has 0 spiro atoms. The zero-order valence-electron chi connectivity index (χ0n) is 7.07. The number of hydrogen-bond donors (Lipinski definition) is 0. The van der Waals surface area contributed by atoms with Crippen LogP contribution in [0, 0.1) is 0 Å². The number of aromatic amines is 1. The summed E-state index contributed by atoms with van der Waals surface area (Å²) in [5.41, 5.74) is 1.10. The van der Waals surface area contributed by atoms with Crippen LogP contribution in [0.5, 0.6) is 0 Å². The highest BCUT2D eigenvalue weighted by Crippen LogP contribution is 2.13. The molecule has 0 unspecified atom stereocenters. The Morgan fingerprint density at radius 3 is 2.58 bits per heavy atom. The Morgan fingerprint density at radius 2 is 2.08 bits per heavy atom. The van der Waals surface area contributed by atoms with Crippen molar-refractivity contribution >= 4 is 34.0 Å². The zero-order valence-corrected chi connectivity index (χ0v) is 8.71. The lowest BCUT2D eigenvalue weighted by Crippen LogP contribution is -2.21. The number of pyridine rings is 1. The van der Waals surface area contributed by atoms with Crippen LogP contribution in [-0.4, -0.2) is 17.6 Å². The maximum Gasteiger partial charge on any atom is 0.169 e. The van der Waals surface area contributed by atoms with Gasteiger partial charge in [-0.05, 0) is 6.26 Å². The summed E-state index contributed by atoms with van der Waals surface area (Å²) in [5.74, 6) is 0. The number of nitrogens with zero attached hydrogens (tertiary/aromatic N) is 1. The van der Waals surface area contributed by atoms with Gasteiger partial charge in [0.2, 0.25) is 0 Å². The van der Waals surface area contributed by atoms with E-state index in [1.165, 1.54) is 0 Å². The van der Waals surface area contributed by atoms with Crippen LogP contribution in [0.1, 0.15) is 0 Å². The van der Waals surface area contributed by atoms with Crippen molar-refractivity contribution < 1.29 is 4.98 Å². The van der Waals surface area contributed by atoms with Gasteiger partial charge in [0.1, 0.15) is 4.32 Å². The van der Waals surface area contributed by atoms with Crippen molar-refractivity contribution in [2.75, 3.05) is 18.2 Å². The molecule has 1 aromatic rings. The summed E-state index contributed by atoms with van der Waals surface area (Å²) < 4.78 is 0.876. The molecule has 1 heterocycles. The van der Waals surface area contributed by atoms with Crippen molar-refractivity contribution in [3.05, 3.63) is 24.5 Å². The minimum Gasteiger partial charge on any atom is -0.330 e. The first kappa shape index (κ1) is 9.48. The average molecular weight is 199 g/mol. The fraction of sp³-hybridized carbons (Fsp3) is 0.250. The van der Waals surface area contributed by atoms with Crippen molar-refractivity contribution in [1.29, 1.82) is 0 Å². The van der Waals surface area contributed by atoms with Crippen LogP contribution < -0.4 is 9.88 Å². The fourth-order valence-corrected chi connectivity index (χ4v) is 1.33. The Hall–Kier alpha value is -0.610. The summed E-state index contributed by atoms with van der Waals surface area (Å²) in [7, 11) is 1.97. The number of thioether (sulfide) groups is 1. The molecule has 1 aromatic heterocycles. The maximum absolute atomic E-state index is 5.14. The first-order valence-electron chi connectivity index (χ1n) is 3.53. The maximum atomic E-state index is 5.14. The zero-order chi connectivity index (χ0) is 8.97. The third kappa shape index (κ3) is 2.19. The molecule has 1 N–H and O–H groups in total. The van der Waals surface area contributed by atoms with Gasteiger partial charge in [-0.2, -0.15) is 0 Å². The largest absolute Gasteiger partial charge is 0.330 e. The van der Waals surface area contributed by atoms with Gasteiger partial charge in [-0.1, -0.05) is 12.2 Å². The first-order chi connectivity index (χ1) is 5.75. The van der Waals surface area contributed by atoms with E-state index >= 15 is 0 Å². The highest BCUT2D eigenvalue weighted by atomic mass is 32.2. The Labute approximate surface area is 82.0 Å². The van der Waals surface area contributed by atoms with Gasteiger partial charge in [-0.3, -0.25) is 0 Å². The van der Waals surface area contributed by atoms with Gasteiger partial charge in [0, 0.05) is 19.2 Å². The number of nitrogens with one attached hydrogen (secondary N) is 1. The third-order valence-electron chi connectivity index (χ3n) is 1.54. The summed E-state index contributed by atoms with van der Waals surface area (Å²) in [5, 5.41) is 0. The minimum atomic E-state index is 0.876. The fourth-order valence-electron chi connectivity index (χ4n) is 0.844. The van der Waals surface area contributed by atoms with Crippen LogP contribution in [0.4, 0.5) is 5.69 Å². The SMILES string of the molecule is CSC(=S)N(C)c1cc[nH+]cc1. The summed E-state index contributed by atoms with van der Waals surface area (Å²) in [6, 6.07) is 3.98. The average Bonchev–Trinajstić information content (AvgIpc) is 2.17. The predicted molar refractivity (Wildman–Crippen MR) is 57.5 cm³/mol. The number of hydrogen-bond acceptors (Lipinski definition) is 2. The molecule has 0 bridgehead atoms. The van der Waals surface area contributed by atoms with Crippen molar-refractivity contribution in [2.24, 2.45) is 0 Å². The molecule has 0 atom stereocenters. The van der Waals surface area contributed by atoms with Gasteiger partial charge in [0.05, 0.1) is 5.69 Å². The number of H-pyrrole nitrogens is 1. The van der Waals surface area contributed by atoms with Crippen molar-refractivity contribution in [3.63, 3.8) is 0 Å². The highest BCUT2D eigenvalue weighted by Gasteiger charge is 2.04. The van der Waals surface area contributed by atoms with Crippen LogP contribution in [0.15, 0.2) is 24.5 Å². The van der Waals surface area contributed by atoms with Gasteiger partial charge in [-0.25, -0.2) is 4.98 Å². The number of aromatic nitrogens is 1. The molecular weight excluding hydrogens is 188 g/mol. The second kappa shape index (κ2) is 4.42. The minimum absolute atomic E-state index is 0.876. The Balaban J connectivity index is 2.78. The Morgan fingerprint density at radius 1 is 1.50 bits per heavy atom. The van der Waals surface area contributed by atoms with Crippen LogP contribution in [0.25, 0.3) is 0 Å². The van der Waals surface area contributed by atoms with E-state index in [0.29, 0.717) is 0 Å². The number of anilines is 1. The third-order valence-corrected chi connectivity index (χ3v) is 2.93. The quantitative estimate of drug-likeness (QED) is 0.639. The van der Waals surface area contributed by atoms with Crippen LogP contribution in [-0.2, 0) is 0 Å². The monoisotopic (exact) mass is 199 g/mol. The van der Waals surface area contributed by atoms with Crippen molar-refractivity contribution in [3.8, 4) is 0 Å². The van der Waals surface area contributed by atoms with Gasteiger partial charge in [0.25, 0.3) is 0 Å². The molecule has 0 saturated heterocycles. The van der Waals surface area contributed by atoms with E-state index in [9.17, 15) is 0 Å². The van der Waals surface area contributed by atoms with Crippen molar-refractivity contribution in [2.45, 2.75) is 0 Å². The number of thiocarbonyl (C=S) groups is 1. The smallest absolute Gasteiger partial charge is 0.169 e. The summed E-state index contributed by atoms with van der Waals surface area (Å²) in [6.07, 6.45) is 5.75. The van der Waals surface area contributed by atoms with Crippen LogP contribution in [0.2, 0.25) is 0 Å².